The van der Waals surface area contributed by atoms with Gasteiger partial charge in [-0.25, -0.2) is 8.42 Å². The van der Waals surface area contributed by atoms with Gasteiger partial charge < -0.3 is 4.90 Å². The van der Waals surface area contributed by atoms with E-state index >= 15 is 0 Å². The average molecular weight is 255 g/mol. The predicted octanol–water partition coefficient (Wildman–Crippen LogP) is 2.32. The fourth-order valence-corrected chi connectivity index (χ4v) is 2.82. The summed E-state index contributed by atoms with van der Waals surface area (Å²) >= 11 is 0. The van der Waals surface area contributed by atoms with E-state index in [9.17, 15) is 12.8 Å². The SMILES string of the molecule is O=S(=O)(/C(F)=C/N1CCCC1)c1ccccc1. The molecule has 3 nitrogen and oxygen atoms in total. The molecule has 0 saturated carbocycles. The molecule has 1 heterocycles. The third-order valence-corrected chi connectivity index (χ3v) is 4.25. The highest BCUT2D eigenvalue weighted by molar-refractivity contribution is 7.95. The molecule has 1 saturated heterocycles. The zero-order valence-corrected chi connectivity index (χ0v) is 10.2. The van der Waals surface area contributed by atoms with Crippen LogP contribution in [0.4, 0.5) is 4.39 Å². The van der Waals surface area contributed by atoms with Gasteiger partial charge in [-0.1, -0.05) is 18.2 Å². The molecule has 0 radical (unpaired) electrons. The molecule has 0 spiro atoms. The summed E-state index contributed by atoms with van der Waals surface area (Å²) in [5, 5.41) is -1.08. The lowest BCUT2D eigenvalue weighted by molar-refractivity contribution is 0.451. The Bertz CT molecular complexity index is 505. The normalized spacial score (nSPS) is 17.5. The third-order valence-electron chi connectivity index (χ3n) is 2.73. The zero-order chi connectivity index (χ0) is 12.3. The van der Waals surface area contributed by atoms with Crippen molar-refractivity contribution in [1.29, 1.82) is 0 Å². The molecule has 1 aromatic rings. The first-order valence-corrected chi connectivity index (χ1v) is 7.00. The molecule has 0 amide bonds. The van der Waals surface area contributed by atoms with Gasteiger partial charge in [0.1, 0.15) is 0 Å². The third kappa shape index (κ3) is 2.66. The van der Waals surface area contributed by atoms with Gasteiger partial charge in [0.15, 0.2) is 0 Å². The Hall–Kier alpha value is -1.36. The minimum Gasteiger partial charge on any atom is -0.374 e. The summed E-state index contributed by atoms with van der Waals surface area (Å²) in [4.78, 5) is 1.70. The van der Waals surface area contributed by atoms with E-state index in [1.54, 1.807) is 23.1 Å². The molecule has 0 bridgehead atoms. The van der Waals surface area contributed by atoms with Gasteiger partial charge in [-0.2, -0.15) is 4.39 Å². The maximum atomic E-state index is 13.7. The van der Waals surface area contributed by atoms with Crippen molar-refractivity contribution in [3.8, 4) is 0 Å². The lowest BCUT2D eigenvalue weighted by Gasteiger charge is -2.11. The second-order valence-corrected chi connectivity index (χ2v) is 5.86. The molecule has 92 valence electrons. The first-order valence-electron chi connectivity index (χ1n) is 5.52. The maximum absolute atomic E-state index is 13.7. The Balaban J connectivity index is 2.26. The largest absolute Gasteiger partial charge is 0.374 e. The monoisotopic (exact) mass is 255 g/mol. The van der Waals surface area contributed by atoms with E-state index in [-0.39, 0.29) is 4.90 Å². The van der Waals surface area contributed by atoms with Crippen LogP contribution in [0.3, 0.4) is 0 Å². The molecule has 17 heavy (non-hydrogen) atoms. The summed E-state index contributed by atoms with van der Waals surface area (Å²) in [6.45, 7) is 1.44. The number of benzene rings is 1. The standard InChI is InChI=1S/C12H14FNO2S/c13-12(10-14-8-4-5-9-14)17(15,16)11-6-2-1-3-7-11/h1-3,6-7,10H,4-5,8-9H2/b12-10+. The van der Waals surface area contributed by atoms with Crippen molar-refractivity contribution in [2.75, 3.05) is 13.1 Å². The number of hydrogen-bond donors (Lipinski definition) is 0. The molecule has 5 heteroatoms. The minimum atomic E-state index is -3.97. The van der Waals surface area contributed by atoms with Crippen molar-refractivity contribution in [3.63, 3.8) is 0 Å². The zero-order valence-electron chi connectivity index (χ0n) is 9.34. The van der Waals surface area contributed by atoms with Crippen LogP contribution in [0.1, 0.15) is 12.8 Å². The average Bonchev–Trinajstić information content (AvgIpc) is 2.83. The smallest absolute Gasteiger partial charge is 0.235 e. The van der Waals surface area contributed by atoms with Crippen LogP contribution in [0.25, 0.3) is 0 Å². The van der Waals surface area contributed by atoms with Gasteiger partial charge >= 0.3 is 0 Å². The van der Waals surface area contributed by atoms with Gasteiger partial charge in [-0.05, 0) is 25.0 Å². The van der Waals surface area contributed by atoms with Crippen LogP contribution in [0.5, 0.6) is 0 Å². The van der Waals surface area contributed by atoms with Gasteiger partial charge in [0.2, 0.25) is 15.0 Å². The quantitative estimate of drug-likeness (QED) is 0.832. The van der Waals surface area contributed by atoms with Crippen LogP contribution in [0.2, 0.25) is 0 Å². The number of nitrogens with zero attached hydrogens (tertiary/aromatic N) is 1. The van der Waals surface area contributed by atoms with Crippen LogP contribution in [-0.4, -0.2) is 26.4 Å². The topological polar surface area (TPSA) is 37.4 Å². The molecule has 2 rings (SSSR count). The lowest BCUT2D eigenvalue weighted by atomic mass is 10.4. The van der Waals surface area contributed by atoms with Crippen LogP contribution in [0.15, 0.2) is 46.6 Å². The van der Waals surface area contributed by atoms with Crippen LogP contribution in [-0.2, 0) is 9.84 Å². The molecule has 0 aromatic heterocycles. The van der Waals surface area contributed by atoms with E-state index in [0.29, 0.717) is 0 Å². The van der Waals surface area contributed by atoms with E-state index in [1.165, 1.54) is 12.1 Å². The summed E-state index contributed by atoms with van der Waals surface area (Å²) < 4.78 is 37.4. The first kappa shape index (κ1) is 12.1. The fourth-order valence-electron chi connectivity index (χ4n) is 1.80. The molecule has 0 atom stereocenters. The predicted molar refractivity (Wildman–Crippen MR) is 63.6 cm³/mol. The second-order valence-electron chi connectivity index (χ2n) is 3.99. The summed E-state index contributed by atoms with van der Waals surface area (Å²) in [6.07, 6.45) is 3.07. The minimum absolute atomic E-state index is 0.00653. The molecule has 1 aliphatic heterocycles. The van der Waals surface area contributed by atoms with Crippen molar-refractivity contribution in [3.05, 3.63) is 41.7 Å². The molecule has 1 aromatic carbocycles. The van der Waals surface area contributed by atoms with Gasteiger partial charge in [0, 0.05) is 19.3 Å². The summed E-state index contributed by atoms with van der Waals surface area (Å²) in [6, 6.07) is 7.65. The maximum Gasteiger partial charge on any atom is 0.235 e. The Morgan fingerprint density at radius 3 is 2.35 bits per heavy atom. The molecule has 1 fully saturated rings. The molecule has 0 unspecified atom stereocenters. The van der Waals surface area contributed by atoms with Crippen molar-refractivity contribution in [2.45, 2.75) is 17.7 Å². The van der Waals surface area contributed by atoms with E-state index < -0.39 is 15.0 Å². The van der Waals surface area contributed by atoms with E-state index in [4.69, 9.17) is 0 Å². The van der Waals surface area contributed by atoms with Gasteiger partial charge in [-0.3, -0.25) is 0 Å². The van der Waals surface area contributed by atoms with E-state index in [2.05, 4.69) is 0 Å². The number of likely N-dealkylation sites (tertiary alicyclic amines) is 1. The van der Waals surface area contributed by atoms with E-state index in [1.807, 2.05) is 0 Å². The summed E-state index contributed by atoms with van der Waals surface area (Å²) in [5.74, 6) is 0. The van der Waals surface area contributed by atoms with Gasteiger partial charge in [0.25, 0.3) is 0 Å². The highest BCUT2D eigenvalue weighted by atomic mass is 32.2. The number of rotatable bonds is 3. The highest BCUT2D eigenvalue weighted by Crippen LogP contribution is 2.21. The highest BCUT2D eigenvalue weighted by Gasteiger charge is 2.22. The Morgan fingerprint density at radius 1 is 1.18 bits per heavy atom. The Labute approximate surface area is 100 Å². The lowest BCUT2D eigenvalue weighted by Crippen LogP contribution is -2.13. The molecule has 1 aliphatic rings. The van der Waals surface area contributed by atoms with Crippen LogP contribution >= 0.6 is 0 Å². The van der Waals surface area contributed by atoms with Crippen LogP contribution in [0, 0.1) is 0 Å². The first-order chi connectivity index (χ1) is 8.10. The number of sulfone groups is 1. The fraction of sp³-hybridized carbons (Fsp3) is 0.333. The van der Waals surface area contributed by atoms with Crippen molar-refractivity contribution in [2.24, 2.45) is 0 Å². The summed E-state index contributed by atoms with van der Waals surface area (Å²) in [7, 11) is -3.97. The summed E-state index contributed by atoms with van der Waals surface area (Å²) in [5.41, 5.74) is 0. The van der Waals surface area contributed by atoms with Crippen molar-refractivity contribution >= 4 is 9.84 Å². The van der Waals surface area contributed by atoms with Crippen molar-refractivity contribution in [1.82, 2.24) is 4.90 Å². The Kier molecular flexibility index (Phi) is 3.47. The molecular formula is C12H14FNO2S. The second kappa shape index (κ2) is 4.87. The van der Waals surface area contributed by atoms with Gasteiger partial charge in [0.05, 0.1) is 4.90 Å². The molecular weight excluding hydrogens is 241 g/mol. The van der Waals surface area contributed by atoms with Crippen LogP contribution < -0.4 is 0 Å². The molecule has 0 aliphatic carbocycles. The van der Waals surface area contributed by atoms with Gasteiger partial charge in [-0.15, -0.1) is 0 Å². The number of hydrogen-bond acceptors (Lipinski definition) is 3. The van der Waals surface area contributed by atoms with E-state index in [0.717, 1.165) is 32.1 Å². The Morgan fingerprint density at radius 2 is 1.76 bits per heavy atom. The molecule has 0 N–H and O–H groups in total. The van der Waals surface area contributed by atoms with Crippen molar-refractivity contribution < 1.29 is 12.8 Å². The number of halogens is 1.